The van der Waals surface area contributed by atoms with E-state index in [2.05, 4.69) is 9.71 Å². The molecule has 0 aliphatic heterocycles. The van der Waals surface area contributed by atoms with Gasteiger partial charge in [0, 0.05) is 12.7 Å². The maximum atomic E-state index is 12.1. The van der Waals surface area contributed by atoms with Gasteiger partial charge in [0.1, 0.15) is 5.82 Å². The Bertz CT molecular complexity index is 479. The minimum atomic E-state index is -3.30. The van der Waals surface area contributed by atoms with Gasteiger partial charge in [0.15, 0.2) is 0 Å². The number of aromatic nitrogens is 1. The lowest BCUT2D eigenvalue weighted by Crippen LogP contribution is -2.30. The minimum absolute atomic E-state index is 0.276. The summed E-state index contributed by atoms with van der Waals surface area (Å²) in [5.41, 5.74) is 6.35. The average Bonchev–Trinajstić information content (AvgIpc) is 2.40. The van der Waals surface area contributed by atoms with Crippen molar-refractivity contribution in [3.8, 4) is 0 Å². The maximum absolute atomic E-state index is 12.1. The summed E-state index contributed by atoms with van der Waals surface area (Å²) in [6, 6.07) is 3.44. The van der Waals surface area contributed by atoms with Crippen molar-refractivity contribution in [2.24, 2.45) is 5.73 Å². The van der Waals surface area contributed by atoms with Gasteiger partial charge in [-0.1, -0.05) is 25.3 Å². The van der Waals surface area contributed by atoms with Gasteiger partial charge in [-0.25, -0.2) is 13.4 Å². The lowest BCUT2D eigenvalue weighted by atomic mass is 10.0. The number of pyridine rings is 1. The molecule has 0 bridgehead atoms. The van der Waals surface area contributed by atoms with Crippen LogP contribution in [-0.4, -0.2) is 18.7 Å². The van der Waals surface area contributed by atoms with E-state index in [1.807, 2.05) is 0 Å². The Balaban J connectivity index is 2.06. The first-order valence-electron chi connectivity index (χ1n) is 6.28. The van der Waals surface area contributed by atoms with Gasteiger partial charge in [-0.3, -0.25) is 4.72 Å². The van der Waals surface area contributed by atoms with Gasteiger partial charge in [-0.05, 0) is 24.5 Å². The number of nitrogens with zero attached hydrogens (tertiary/aromatic N) is 1. The SMILES string of the molecule is NCc1ccc(NS(=O)(=O)C2CCCCC2)nc1. The second-order valence-corrected chi connectivity index (χ2v) is 6.62. The highest BCUT2D eigenvalue weighted by molar-refractivity contribution is 7.93. The van der Waals surface area contributed by atoms with Gasteiger partial charge in [0.25, 0.3) is 0 Å². The van der Waals surface area contributed by atoms with E-state index < -0.39 is 10.0 Å². The molecule has 0 aromatic carbocycles. The topological polar surface area (TPSA) is 85.1 Å². The molecule has 0 spiro atoms. The van der Waals surface area contributed by atoms with Gasteiger partial charge < -0.3 is 5.73 Å². The second kappa shape index (κ2) is 5.67. The molecule has 1 heterocycles. The second-order valence-electron chi connectivity index (χ2n) is 4.66. The van der Waals surface area contributed by atoms with Crippen molar-refractivity contribution in [3.05, 3.63) is 23.9 Å². The summed E-state index contributed by atoms with van der Waals surface area (Å²) in [4.78, 5) is 4.06. The summed E-state index contributed by atoms with van der Waals surface area (Å²) in [6.45, 7) is 0.405. The van der Waals surface area contributed by atoms with Crippen LogP contribution >= 0.6 is 0 Å². The lowest BCUT2D eigenvalue weighted by molar-refractivity contribution is 0.486. The van der Waals surface area contributed by atoms with Gasteiger partial charge in [0.2, 0.25) is 10.0 Å². The molecular weight excluding hydrogens is 250 g/mol. The fourth-order valence-corrected chi connectivity index (χ4v) is 3.74. The largest absolute Gasteiger partial charge is 0.326 e. The third-order valence-electron chi connectivity index (χ3n) is 3.30. The predicted octanol–water partition coefficient (Wildman–Crippen LogP) is 1.61. The predicted molar refractivity (Wildman–Crippen MR) is 71.5 cm³/mol. The molecule has 0 radical (unpaired) electrons. The molecule has 1 fully saturated rings. The number of anilines is 1. The van der Waals surface area contributed by atoms with Gasteiger partial charge in [-0.15, -0.1) is 0 Å². The van der Waals surface area contributed by atoms with Crippen molar-refractivity contribution >= 4 is 15.8 Å². The standard InChI is InChI=1S/C12H19N3O2S/c13-8-10-6-7-12(14-9-10)15-18(16,17)11-4-2-1-3-5-11/h6-7,9,11H,1-5,8,13H2,(H,14,15). The van der Waals surface area contributed by atoms with Crippen molar-refractivity contribution in [3.63, 3.8) is 0 Å². The zero-order valence-electron chi connectivity index (χ0n) is 10.3. The van der Waals surface area contributed by atoms with E-state index in [4.69, 9.17) is 5.73 Å². The van der Waals surface area contributed by atoms with Crippen molar-refractivity contribution < 1.29 is 8.42 Å². The number of nitrogens with two attached hydrogens (primary N) is 1. The van der Waals surface area contributed by atoms with E-state index in [0.29, 0.717) is 12.4 Å². The first-order chi connectivity index (χ1) is 8.62. The third-order valence-corrected chi connectivity index (χ3v) is 5.14. The Hall–Kier alpha value is -1.14. The Labute approximate surface area is 108 Å². The fourth-order valence-electron chi connectivity index (χ4n) is 2.21. The monoisotopic (exact) mass is 269 g/mol. The maximum Gasteiger partial charge on any atom is 0.236 e. The van der Waals surface area contributed by atoms with Crippen LogP contribution in [0, 0.1) is 0 Å². The van der Waals surface area contributed by atoms with Crippen molar-refractivity contribution in [2.75, 3.05) is 4.72 Å². The number of rotatable bonds is 4. The fraction of sp³-hybridized carbons (Fsp3) is 0.583. The molecule has 1 aliphatic rings. The van der Waals surface area contributed by atoms with Crippen molar-refractivity contribution in [1.82, 2.24) is 4.98 Å². The van der Waals surface area contributed by atoms with E-state index in [-0.39, 0.29) is 5.25 Å². The highest BCUT2D eigenvalue weighted by Gasteiger charge is 2.27. The molecule has 0 unspecified atom stereocenters. The van der Waals surface area contributed by atoms with Crippen LogP contribution in [0.2, 0.25) is 0 Å². The number of hydrogen-bond acceptors (Lipinski definition) is 4. The van der Waals surface area contributed by atoms with Crippen molar-refractivity contribution in [2.45, 2.75) is 43.9 Å². The zero-order valence-corrected chi connectivity index (χ0v) is 11.1. The Kier molecular flexibility index (Phi) is 4.19. The first kappa shape index (κ1) is 13.3. The van der Waals surface area contributed by atoms with E-state index in [0.717, 1.165) is 37.7 Å². The Morgan fingerprint density at radius 1 is 1.28 bits per heavy atom. The summed E-state index contributed by atoms with van der Waals surface area (Å²) in [5, 5.41) is -0.276. The molecule has 1 saturated carbocycles. The highest BCUT2D eigenvalue weighted by atomic mass is 32.2. The number of hydrogen-bond donors (Lipinski definition) is 2. The van der Waals surface area contributed by atoms with Gasteiger partial charge >= 0.3 is 0 Å². The summed E-state index contributed by atoms with van der Waals surface area (Å²) in [6.07, 6.45) is 6.21. The molecule has 100 valence electrons. The molecule has 0 saturated heterocycles. The van der Waals surface area contributed by atoms with Crippen LogP contribution in [0.25, 0.3) is 0 Å². The molecule has 0 amide bonds. The molecule has 0 atom stereocenters. The summed E-state index contributed by atoms with van der Waals surface area (Å²) >= 11 is 0. The van der Waals surface area contributed by atoms with E-state index >= 15 is 0 Å². The summed E-state index contributed by atoms with van der Waals surface area (Å²) in [7, 11) is -3.30. The Morgan fingerprint density at radius 3 is 2.56 bits per heavy atom. The third kappa shape index (κ3) is 3.20. The average molecular weight is 269 g/mol. The smallest absolute Gasteiger partial charge is 0.236 e. The molecule has 2 rings (SSSR count). The van der Waals surface area contributed by atoms with Gasteiger partial charge in [0.05, 0.1) is 5.25 Å². The normalized spacial score (nSPS) is 17.6. The van der Waals surface area contributed by atoms with Crippen LogP contribution in [-0.2, 0) is 16.6 Å². The van der Waals surface area contributed by atoms with Crippen LogP contribution in [0.15, 0.2) is 18.3 Å². The lowest BCUT2D eigenvalue weighted by Gasteiger charge is -2.22. The van der Waals surface area contributed by atoms with Crippen LogP contribution < -0.4 is 10.5 Å². The highest BCUT2D eigenvalue weighted by Crippen LogP contribution is 2.24. The first-order valence-corrected chi connectivity index (χ1v) is 7.83. The molecule has 18 heavy (non-hydrogen) atoms. The molecule has 3 N–H and O–H groups in total. The zero-order chi connectivity index (χ0) is 13.0. The quantitative estimate of drug-likeness (QED) is 0.869. The minimum Gasteiger partial charge on any atom is -0.326 e. The summed E-state index contributed by atoms with van der Waals surface area (Å²) in [5.74, 6) is 0.373. The molecule has 6 heteroatoms. The molecule has 1 aromatic heterocycles. The molecular formula is C12H19N3O2S. The van der Waals surface area contributed by atoms with Crippen molar-refractivity contribution in [1.29, 1.82) is 0 Å². The summed E-state index contributed by atoms with van der Waals surface area (Å²) < 4.78 is 26.8. The van der Waals surface area contributed by atoms with E-state index in [1.165, 1.54) is 0 Å². The van der Waals surface area contributed by atoms with E-state index in [9.17, 15) is 8.42 Å². The molecule has 1 aromatic rings. The van der Waals surface area contributed by atoms with Crippen LogP contribution in [0.4, 0.5) is 5.82 Å². The Morgan fingerprint density at radius 2 is 2.00 bits per heavy atom. The molecule has 5 nitrogen and oxygen atoms in total. The number of sulfonamides is 1. The van der Waals surface area contributed by atoms with Crippen LogP contribution in [0.3, 0.4) is 0 Å². The van der Waals surface area contributed by atoms with Gasteiger partial charge in [-0.2, -0.15) is 0 Å². The molecule has 1 aliphatic carbocycles. The van der Waals surface area contributed by atoms with Crippen LogP contribution in [0.5, 0.6) is 0 Å². The van der Waals surface area contributed by atoms with Crippen LogP contribution in [0.1, 0.15) is 37.7 Å². The van der Waals surface area contributed by atoms with E-state index in [1.54, 1.807) is 18.3 Å². The number of nitrogens with one attached hydrogen (secondary N) is 1.